The summed E-state index contributed by atoms with van der Waals surface area (Å²) in [5.41, 5.74) is 7.07. The Morgan fingerprint density at radius 2 is 2.25 bits per heavy atom. The molecule has 0 saturated carbocycles. The first-order chi connectivity index (χ1) is 7.81. The van der Waals surface area contributed by atoms with Gasteiger partial charge in [0.1, 0.15) is 18.4 Å². The fourth-order valence-electron chi connectivity index (χ4n) is 1.60. The van der Waals surface area contributed by atoms with Crippen LogP contribution in [0.15, 0.2) is 36.9 Å². The van der Waals surface area contributed by atoms with Gasteiger partial charge in [-0.1, -0.05) is 18.2 Å². The molecule has 0 spiro atoms. The number of ether oxygens (including phenoxy) is 1. The van der Waals surface area contributed by atoms with Crippen LogP contribution in [0.1, 0.15) is 11.6 Å². The number of benzene rings is 1. The molecular weight excluding hydrogens is 204 g/mol. The second kappa shape index (κ2) is 4.76. The molecule has 0 radical (unpaired) electrons. The highest BCUT2D eigenvalue weighted by Gasteiger charge is 2.11. The lowest BCUT2D eigenvalue weighted by atomic mass is 10.1. The third-order valence-electron chi connectivity index (χ3n) is 2.39. The number of methoxy groups -OCH3 is 1. The van der Waals surface area contributed by atoms with E-state index < -0.39 is 0 Å². The van der Waals surface area contributed by atoms with Gasteiger partial charge in [0.2, 0.25) is 0 Å². The molecule has 2 N–H and O–H groups in total. The number of para-hydroxylation sites is 1. The molecule has 0 fully saturated rings. The highest BCUT2D eigenvalue weighted by Crippen LogP contribution is 2.23. The van der Waals surface area contributed by atoms with Crippen LogP contribution in [-0.2, 0) is 6.54 Å². The van der Waals surface area contributed by atoms with Crippen molar-refractivity contribution in [2.75, 3.05) is 7.11 Å². The molecule has 1 aromatic heterocycles. The van der Waals surface area contributed by atoms with Crippen LogP contribution in [0.2, 0.25) is 0 Å². The van der Waals surface area contributed by atoms with Gasteiger partial charge in [-0.25, -0.2) is 4.98 Å². The van der Waals surface area contributed by atoms with Crippen molar-refractivity contribution in [1.82, 2.24) is 14.8 Å². The Morgan fingerprint density at radius 1 is 1.44 bits per heavy atom. The Bertz CT molecular complexity index is 441. The minimum atomic E-state index is -0.155. The van der Waals surface area contributed by atoms with Crippen LogP contribution in [0.4, 0.5) is 0 Å². The molecule has 16 heavy (non-hydrogen) atoms. The van der Waals surface area contributed by atoms with Crippen molar-refractivity contribution in [3.05, 3.63) is 42.5 Å². The quantitative estimate of drug-likeness (QED) is 0.831. The summed E-state index contributed by atoms with van der Waals surface area (Å²) in [5, 5.41) is 4.02. The van der Waals surface area contributed by atoms with Crippen LogP contribution in [0, 0.1) is 0 Å². The Hall–Kier alpha value is -1.88. The number of aromatic nitrogens is 3. The third kappa shape index (κ3) is 2.20. The Morgan fingerprint density at radius 3 is 2.94 bits per heavy atom. The van der Waals surface area contributed by atoms with E-state index in [2.05, 4.69) is 10.1 Å². The van der Waals surface area contributed by atoms with Crippen molar-refractivity contribution >= 4 is 0 Å². The summed E-state index contributed by atoms with van der Waals surface area (Å²) in [6.07, 6.45) is 3.14. The molecule has 5 nitrogen and oxygen atoms in total. The maximum Gasteiger partial charge on any atom is 0.137 e. The summed E-state index contributed by atoms with van der Waals surface area (Å²) in [6, 6.07) is 7.57. The van der Waals surface area contributed by atoms with E-state index in [0.717, 1.165) is 11.3 Å². The minimum Gasteiger partial charge on any atom is -0.496 e. The molecule has 84 valence electrons. The van der Waals surface area contributed by atoms with Crippen molar-refractivity contribution in [2.24, 2.45) is 5.73 Å². The summed E-state index contributed by atoms with van der Waals surface area (Å²) in [5.74, 6) is 0.801. The van der Waals surface area contributed by atoms with E-state index in [1.807, 2.05) is 24.3 Å². The van der Waals surface area contributed by atoms with Gasteiger partial charge >= 0.3 is 0 Å². The van der Waals surface area contributed by atoms with Crippen LogP contribution < -0.4 is 10.5 Å². The summed E-state index contributed by atoms with van der Waals surface area (Å²) in [6.45, 7) is 0.584. The molecule has 0 aliphatic carbocycles. The lowest BCUT2D eigenvalue weighted by molar-refractivity contribution is 0.400. The van der Waals surface area contributed by atoms with E-state index in [4.69, 9.17) is 10.5 Å². The predicted molar refractivity (Wildman–Crippen MR) is 59.9 cm³/mol. The van der Waals surface area contributed by atoms with Gasteiger partial charge in [-0.3, -0.25) is 4.68 Å². The molecule has 2 aromatic rings. The van der Waals surface area contributed by atoms with Crippen molar-refractivity contribution < 1.29 is 4.74 Å². The Kier molecular flexibility index (Phi) is 3.16. The predicted octanol–water partition coefficient (Wildman–Crippen LogP) is 0.987. The van der Waals surface area contributed by atoms with Gasteiger partial charge in [-0.15, -0.1) is 0 Å². The van der Waals surface area contributed by atoms with Gasteiger partial charge in [0.15, 0.2) is 0 Å². The second-order valence-corrected chi connectivity index (χ2v) is 3.47. The number of nitrogens with zero attached hydrogens (tertiary/aromatic N) is 3. The average Bonchev–Trinajstić information content (AvgIpc) is 2.81. The first-order valence-corrected chi connectivity index (χ1v) is 5.02. The normalized spacial score (nSPS) is 12.4. The van der Waals surface area contributed by atoms with Crippen LogP contribution in [0.5, 0.6) is 5.75 Å². The maximum absolute atomic E-state index is 6.09. The summed E-state index contributed by atoms with van der Waals surface area (Å²) < 4.78 is 6.97. The largest absolute Gasteiger partial charge is 0.496 e. The molecule has 0 aliphatic rings. The Balaban J connectivity index is 2.17. The number of rotatable bonds is 4. The zero-order chi connectivity index (χ0) is 11.4. The fraction of sp³-hybridized carbons (Fsp3) is 0.273. The SMILES string of the molecule is COc1ccccc1C(N)Cn1cncn1. The molecule has 1 heterocycles. The minimum absolute atomic E-state index is 0.155. The zero-order valence-electron chi connectivity index (χ0n) is 9.08. The molecule has 0 saturated heterocycles. The number of hydrogen-bond acceptors (Lipinski definition) is 4. The van der Waals surface area contributed by atoms with Crippen molar-refractivity contribution in [1.29, 1.82) is 0 Å². The maximum atomic E-state index is 6.09. The van der Waals surface area contributed by atoms with E-state index in [1.165, 1.54) is 6.33 Å². The first-order valence-electron chi connectivity index (χ1n) is 5.02. The zero-order valence-corrected chi connectivity index (χ0v) is 9.08. The smallest absolute Gasteiger partial charge is 0.137 e. The standard InChI is InChI=1S/C11H14N4O/c1-16-11-5-3-2-4-9(11)10(12)6-15-8-13-7-14-15/h2-5,7-8,10H,6,12H2,1H3. The molecule has 1 unspecified atom stereocenters. The topological polar surface area (TPSA) is 66.0 Å². The number of nitrogens with two attached hydrogens (primary N) is 1. The summed E-state index contributed by atoms with van der Waals surface area (Å²) in [7, 11) is 1.64. The summed E-state index contributed by atoms with van der Waals surface area (Å²) >= 11 is 0. The number of hydrogen-bond donors (Lipinski definition) is 1. The monoisotopic (exact) mass is 218 g/mol. The van der Waals surface area contributed by atoms with Crippen LogP contribution in [0.25, 0.3) is 0 Å². The fourth-order valence-corrected chi connectivity index (χ4v) is 1.60. The second-order valence-electron chi connectivity index (χ2n) is 3.47. The van der Waals surface area contributed by atoms with Gasteiger partial charge in [0.05, 0.1) is 19.7 Å². The van der Waals surface area contributed by atoms with E-state index in [1.54, 1.807) is 18.1 Å². The molecule has 0 amide bonds. The lowest BCUT2D eigenvalue weighted by Crippen LogP contribution is -2.18. The highest BCUT2D eigenvalue weighted by atomic mass is 16.5. The van der Waals surface area contributed by atoms with E-state index in [-0.39, 0.29) is 6.04 Å². The average molecular weight is 218 g/mol. The van der Waals surface area contributed by atoms with Crippen LogP contribution >= 0.6 is 0 Å². The van der Waals surface area contributed by atoms with Crippen LogP contribution in [-0.4, -0.2) is 21.9 Å². The van der Waals surface area contributed by atoms with E-state index in [0.29, 0.717) is 6.54 Å². The molecule has 0 bridgehead atoms. The van der Waals surface area contributed by atoms with Gasteiger partial charge in [-0.05, 0) is 6.07 Å². The van der Waals surface area contributed by atoms with Crippen molar-refractivity contribution in [3.8, 4) is 5.75 Å². The first kappa shape index (κ1) is 10.6. The lowest BCUT2D eigenvalue weighted by Gasteiger charge is -2.15. The van der Waals surface area contributed by atoms with Gasteiger partial charge < -0.3 is 10.5 Å². The van der Waals surface area contributed by atoms with Crippen molar-refractivity contribution in [2.45, 2.75) is 12.6 Å². The van der Waals surface area contributed by atoms with E-state index >= 15 is 0 Å². The van der Waals surface area contributed by atoms with Gasteiger partial charge in [-0.2, -0.15) is 5.10 Å². The van der Waals surface area contributed by atoms with Gasteiger partial charge in [0.25, 0.3) is 0 Å². The molecule has 2 rings (SSSR count). The van der Waals surface area contributed by atoms with Crippen LogP contribution in [0.3, 0.4) is 0 Å². The molecular formula is C11H14N4O. The third-order valence-corrected chi connectivity index (χ3v) is 2.39. The van der Waals surface area contributed by atoms with E-state index in [9.17, 15) is 0 Å². The highest BCUT2D eigenvalue weighted by molar-refractivity contribution is 5.35. The summed E-state index contributed by atoms with van der Waals surface area (Å²) in [4.78, 5) is 3.88. The Labute approximate surface area is 93.9 Å². The van der Waals surface area contributed by atoms with Gasteiger partial charge in [0, 0.05) is 5.56 Å². The molecule has 0 aliphatic heterocycles. The molecule has 1 aromatic carbocycles. The molecule has 5 heteroatoms. The van der Waals surface area contributed by atoms with Crippen molar-refractivity contribution in [3.63, 3.8) is 0 Å². The molecule has 1 atom stereocenters.